The fourth-order valence-electron chi connectivity index (χ4n) is 1.28. The van der Waals surface area contributed by atoms with Crippen LogP contribution in [0.1, 0.15) is 6.42 Å². The lowest BCUT2D eigenvalue weighted by atomic mass is 10.3. The summed E-state index contributed by atoms with van der Waals surface area (Å²) in [6.45, 7) is 1.29. The fraction of sp³-hybridized carbons (Fsp3) is 0.417. The van der Waals surface area contributed by atoms with E-state index in [0.29, 0.717) is 12.3 Å². The third-order valence-electron chi connectivity index (χ3n) is 2.18. The molecule has 0 saturated carbocycles. The average Bonchev–Trinajstić information content (AvgIpc) is 2.33. The number of rotatable bonds is 7. The number of ether oxygens (including phenoxy) is 1. The van der Waals surface area contributed by atoms with Gasteiger partial charge in [0.15, 0.2) is 6.61 Å². The molecule has 0 aliphatic carbocycles. The minimum Gasteiger partial charge on any atom is -0.482 e. The predicted octanol–water partition coefficient (Wildman–Crippen LogP) is 2.01. The van der Waals surface area contributed by atoms with Crippen LogP contribution in [-0.2, 0) is 4.79 Å². The Morgan fingerprint density at radius 3 is 2.79 bits per heavy atom. The van der Waals surface area contributed by atoms with E-state index >= 15 is 0 Å². The largest absolute Gasteiger partial charge is 0.482 e. The van der Waals surface area contributed by atoms with Gasteiger partial charge in [-0.3, -0.25) is 4.79 Å². The Balaban J connectivity index is 0.00000324. The smallest absolute Gasteiger partial charge is 0.257 e. The van der Waals surface area contributed by atoms with Crippen molar-refractivity contribution in [3.05, 3.63) is 29.0 Å². The summed E-state index contributed by atoms with van der Waals surface area (Å²) < 4.78 is 17.9. The molecule has 0 spiro atoms. The van der Waals surface area contributed by atoms with Gasteiger partial charge in [-0.2, -0.15) is 0 Å². The zero-order valence-corrected chi connectivity index (χ0v) is 12.1. The third-order valence-corrected chi connectivity index (χ3v) is 2.47. The summed E-state index contributed by atoms with van der Waals surface area (Å²) in [5.41, 5.74) is 0. The lowest BCUT2D eigenvalue weighted by molar-refractivity contribution is -0.123. The number of benzene rings is 1. The third kappa shape index (κ3) is 7.20. The molecule has 108 valence electrons. The molecular weight excluding hydrogens is 294 g/mol. The van der Waals surface area contributed by atoms with Crippen LogP contribution >= 0.6 is 24.0 Å². The summed E-state index contributed by atoms with van der Waals surface area (Å²) in [6, 6.07) is 3.76. The molecule has 0 bridgehead atoms. The maximum absolute atomic E-state index is 12.8. The van der Waals surface area contributed by atoms with Crippen molar-refractivity contribution in [1.29, 1.82) is 0 Å². The van der Waals surface area contributed by atoms with Crippen molar-refractivity contribution < 1.29 is 13.9 Å². The molecule has 0 aliphatic heterocycles. The van der Waals surface area contributed by atoms with Crippen LogP contribution < -0.4 is 15.4 Å². The first kappa shape index (κ1) is 18.0. The summed E-state index contributed by atoms with van der Waals surface area (Å²) in [4.78, 5) is 11.4. The van der Waals surface area contributed by atoms with E-state index in [4.69, 9.17) is 16.3 Å². The Labute approximate surface area is 123 Å². The first-order valence-corrected chi connectivity index (χ1v) is 6.00. The standard InChI is InChI=1S/C12H16ClFN2O2.ClH/c1-15-5-2-6-16-12(17)8-18-11-4-3-9(14)7-10(11)13;/h3-4,7,15H,2,5-6,8H2,1H3,(H,16,17);1H. The van der Waals surface area contributed by atoms with E-state index in [0.717, 1.165) is 19.0 Å². The number of nitrogens with one attached hydrogen (secondary N) is 2. The van der Waals surface area contributed by atoms with Gasteiger partial charge in [-0.25, -0.2) is 4.39 Å². The SMILES string of the molecule is CNCCCNC(=O)COc1ccc(F)cc1Cl.Cl. The lowest BCUT2D eigenvalue weighted by Crippen LogP contribution is -2.31. The minimum atomic E-state index is -0.441. The van der Waals surface area contributed by atoms with Gasteiger partial charge in [0.25, 0.3) is 5.91 Å². The first-order chi connectivity index (χ1) is 8.63. The molecule has 0 aromatic heterocycles. The van der Waals surface area contributed by atoms with E-state index in [1.807, 2.05) is 7.05 Å². The molecule has 1 aromatic rings. The average molecular weight is 311 g/mol. The summed E-state index contributed by atoms with van der Waals surface area (Å²) in [5, 5.41) is 5.82. The van der Waals surface area contributed by atoms with Gasteiger partial charge in [-0.05, 0) is 38.2 Å². The molecule has 1 aromatic carbocycles. The van der Waals surface area contributed by atoms with Crippen molar-refractivity contribution >= 4 is 29.9 Å². The molecule has 2 N–H and O–H groups in total. The first-order valence-electron chi connectivity index (χ1n) is 5.62. The second kappa shape index (κ2) is 9.83. The minimum absolute atomic E-state index is 0. The van der Waals surface area contributed by atoms with Gasteiger partial charge < -0.3 is 15.4 Å². The van der Waals surface area contributed by atoms with Crippen molar-refractivity contribution in [2.24, 2.45) is 0 Å². The van der Waals surface area contributed by atoms with E-state index in [-0.39, 0.29) is 29.9 Å². The highest BCUT2D eigenvalue weighted by molar-refractivity contribution is 6.32. The van der Waals surface area contributed by atoms with Crippen LogP contribution in [0, 0.1) is 5.82 Å². The van der Waals surface area contributed by atoms with Crippen molar-refractivity contribution in [2.45, 2.75) is 6.42 Å². The van der Waals surface area contributed by atoms with Crippen molar-refractivity contribution in [3.8, 4) is 5.75 Å². The molecule has 0 atom stereocenters. The Kier molecular flexibility index (Phi) is 9.30. The lowest BCUT2D eigenvalue weighted by Gasteiger charge is -2.08. The van der Waals surface area contributed by atoms with Gasteiger partial charge >= 0.3 is 0 Å². The molecule has 0 saturated heterocycles. The molecule has 0 radical (unpaired) electrons. The molecule has 1 amide bonds. The van der Waals surface area contributed by atoms with Crippen LogP contribution in [0.4, 0.5) is 4.39 Å². The van der Waals surface area contributed by atoms with Gasteiger partial charge in [0.1, 0.15) is 11.6 Å². The number of carbonyl (C=O) groups excluding carboxylic acids is 1. The Bertz CT molecular complexity index is 405. The number of halogens is 3. The molecule has 1 rings (SSSR count). The predicted molar refractivity (Wildman–Crippen MR) is 75.7 cm³/mol. The number of hydrogen-bond donors (Lipinski definition) is 2. The Morgan fingerprint density at radius 1 is 1.42 bits per heavy atom. The van der Waals surface area contributed by atoms with Crippen LogP contribution in [0.2, 0.25) is 5.02 Å². The highest BCUT2D eigenvalue weighted by Crippen LogP contribution is 2.24. The van der Waals surface area contributed by atoms with Crippen LogP contribution in [0.25, 0.3) is 0 Å². The quantitative estimate of drug-likeness (QED) is 0.757. The van der Waals surface area contributed by atoms with Gasteiger partial charge in [0, 0.05) is 6.54 Å². The topological polar surface area (TPSA) is 50.4 Å². The van der Waals surface area contributed by atoms with Crippen LogP contribution in [-0.4, -0.2) is 32.7 Å². The molecule has 0 aliphatic rings. The zero-order valence-electron chi connectivity index (χ0n) is 10.5. The fourth-order valence-corrected chi connectivity index (χ4v) is 1.50. The van der Waals surface area contributed by atoms with Crippen LogP contribution in [0.3, 0.4) is 0 Å². The second-order valence-electron chi connectivity index (χ2n) is 3.67. The summed E-state index contributed by atoms with van der Waals surface area (Å²) in [6.07, 6.45) is 0.847. The van der Waals surface area contributed by atoms with Gasteiger partial charge in [-0.15, -0.1) is 12.4 Å². The Hall–Kier alpha value is -1.04. The van der Waals surface area contributed by atoms with Crippen molar-refractivity contribution in [3.63, 3.8) is 0 Å². The van der Waals surface area contributed by atoms with E-state index < -0.39 is 5.82 Å². The van der Waals surface area contributed by atoms with E-state index in [1.165, 1.54) is 12.1 Å². The summed E-state index contributed by atoms with van der Waals surface area (Å²) in [5.74, 6) is -0.376. The highest BCUT2D eigenvalue weighted by Gasteiger charge is 2.06. The normalized spacial score (nSPS) is 9.63. The number of carbonyl (C=O) groups is 1. The second-order valence-corrected chi connectivity index (χ2v) is 4.08. The summed E-state index contributed by atoms with van der Waals surface area (Å²) >= 11 is 5.75. The van der Waals surface area contributed by atoms with Gasteiger partial charge in [0.2, 0.25) is 0 Å². The van der Waals surface area contributed by atoms with Gasteiger partial charge in [-0.1, -0.05) is 11.6 Å². The molecule has 19 heavy (non-hydrogen) atoms. The molecule has 0 heterocycles. The monoisotopic (exact) mass is 310 g/mol. The molecule has 0 fully saturated rings. The highest BCUT2D eigenvalue weighted by atomic mass is 35.5. The number of hydrogen-bond acceptors (Lipinski definition) is 3. The molecule has 4 nitrogen and oxygen atoms in total. The maximum atomic E-state index is 12.8. The molecular formula is C12H17Cl2FN2O2. The van der Waals surface area contributed by atoms with E-state index in [2.05, 4.69) is 10.6 Å². The molecule has 7 heteroatoms. The van der Waals surface area contributed by atoms with Crippen molar-refractivity contribution in [1.82, 2.24) is 10.6 Å². The van der Waals surface area contributed by atoms with Gasteiger partial charge in [0.05, 0.1) is 5.02 Å². The van der Waals surface area contributed by atoms with E-state index in [1.54, 1.807) is 0 Å². The van der Waals surface area contributed by atoms with Crippen LogP contribution in [0.5, 0.6) is 5.75 Å². The zero-order chi connectivity index (χ0) is 13.4. The van der Waals surface area contributed by atoms with E-state index in [9.17, 15) is 9.18 Å². The number of amides is 1. The molecule has 0 unspecified atom stereocenters. The van der Waals surface area contributed by atoms with Crippen LogP contribution in [0.15, 0.2) is 18.2 Å². The Morgan fingerprint density at radius 2 is 2.16 bits per heavy atom. The maximum Gasteiger partial charge on any atom is 0.257 e. The van der Waals surface area contributed by atoms with Crippen molar-refractivity contribution in [2.75, 3.05) is 26.7 Å². The summed E-state index contributed by atoms with van der Waals surface area (Å²) in [7, 11) is 1.85.